The Hall–Kier alpha value is -3.14. The second-order valence-corrected chi connectivity index (χ2v) is 4.98. The van der Waals surface area contributed by atoms with Gasteiger partial charge in [0, 0.05) is 11.6 Å². The van der Waals surface area contributed by atoms with Crippen molar-refractivity contribution in [3.8, 4) is 11.8 Å². The van der Waals surface area contributed by atoms with Gasteiger partial charge in [0.1, 0.15) is 34.8 Å². The number of rotatable bonds is 1. The number of halogens is 2. The van der Waals surface area contributed by atoms with Crippen LogP contribution in [0.2, 0.25) is 0 Å². The fourth-order valence-electron chi connectivity index (χ4n) is 2.59. The molecule has 0 saturated carbocycles. The molecule has 116 valence electrons. The lowest BCUT2D eigenvalue weighted by atomic mass is 9.84. The zero-order chi connectivity index (χ0) is 16.7. The lowest BCUT2D eigenvalue weighted by Gasteiger charge is -2.25. The average Bonchev–Trinajstić information content (AvgIpc) is 2.46. The summed E-state index contributed by atoms with van der Waals surface area (Å²) in [6.45, 7) is 1.52. The molecule has 0 spiro atoms. The minimum Gasteiger partial charge on any atom is -0.440 e. The van der Waals surface area contributed by atoms with Crippen LogP contribution in [-0.2, 0) is 0 Å². The minimum absolute atomic E-state index is 0.0166. The topological polar surface area (TPSA) is 89.2 Å². The summed E-state index contributed by atoms with van der Waals surface area (Å²) in [6, 6.07) is 6.39. The van der Waals surface area contributed by atoms with Crippen LogP contribution >= 0.6 is 0 Å². The molecule has 0 saturated heterocycles. The van der Waals surface area contributed by atoms with Gasteiger partial charge in [0.05, 0.1) is 11.5 Å². The summed E-state index contributed by atoms with van der Waals surface area (Å²) in [7, 11) is 0. The van der Waals surface area contributed by atoms with E-state index >= 15 is 0 Å². The Morgan fingerprint density at radius 3 is 2.52 bits per heavy atom. The molecule has 2 aromatic rings. The van der Waals surface area contributed by atoms with Gasteiger partial charge in [0.2, 0.25) is 5.88 Å². The molecule has 1 aromatic carbocycles. The molecular formula is C16H10F2N2O3. The molecule has 1 aliphatic heterocycles. The highest BCUT2D eigenvalue weighted by atomic mass is 19.1. The van der Waals surface area contributed by atoms with Gasteiger partial charge in [0.15, 0.2) is 0 Å². The van der Waals surface area contributed by atoms with Gasteiger partial charge in [-0.2, -0.15) is 5.26 Å². The Bertz CT molecular complexity index is 921. The van der Waals surface area contributed by atoms with Crippen molar-refractivity contribution >= 4 is 0 Å². The molecule has 1 aliphatic rings. The first-order valence-corrected chi connectivity index (χ1v) is 6.60. The number of hydrogen-bond donors (Lipinski definition) is 1. The van der Waals surface area contributed by atoms with Crippen LogP contribution in [0.25, 0.3) is 0 Å². The number of ether oxygens (including phenoxy) is 1. The molecule has 23 heavy (non-hydrogen) atoms. The Morgan fingerprint density at radius 1 is 1.26 bits per heavy atom. The Balaban J connectivity index is 2.40. The third-order valence-electron chi connectivity index (χ3n) is 3.54. The van der Waals surface area contributed by atoms with Gasteiger partial charge in [-0.1, -0.05) is 6.07 Å². The lowest BCUT2D eigenvalue weighted by Crippen LogP contribution is -2.27. The fraction of sp³-hybridized carbons (Fsp3) is 0.125. The maximum atomic E-state index is 14.2. The number of hydrogen-bond acceptors (Lipinski definition) is 5. The number of nitrogens with zero attached hydrogens (tertiary/aromatic N) is 1. The number of allylic oxidation sites excluding steroid dienone is 1. The van der Waals surface area contributed by atoms with Gasteiger partial charge >= 0.3 is 5.63 Å². The van der Waals surface area contributed by atoms with Crippen molar-refractivity contribution in [1.29, 1.82) is 5.26 Å². The van der Waals surface area contributed by atoms with E-state index < -0.39 is 28.7 Å². The third-order valence-corrected chi connectivity index (χ3v) is 3.54. The highest BCUT2D eigenvalue weighted by Gasteiger charge is 2.37. The van der Waals surface area contributed by atoms with Crippen molar-refractivity contribution in [3.63, 3.8) is 0 Å². The minimum atomic E-state index is -1.33. The molecule has 1 unspecified atom stereocenters. The van der Waals surface area contributed by atoms with E-state index in [-0.39, 0.29) is 28.5 Å². The molecule has 0 aliphatic carbocycles. The average molecular weight is 316 g/mol. The molecule has 0 radical (unpaired) electrons. The van der Waals surface area contributed by atoms with E-state index in [9.17, 15) is 18.8 Å². The van der Waals surface area contributed by atoms with Crippen LogP contribution in [-0.4, -0.2) is 0 Å². The highest BCUT2D eigenvalue weighted by Crippen LogP contribution is 2.42. The second-order valence-electron chi connectivity index (χ2n) is 4.98. The van der Waals surface area contributed by atoms with Crippen LogP contribution < -0.4 is 16.1 Å². The van der Waals surface area contributed by atoms with Crippen molar-refractivity contribution in [1.82, 2.24) is 0 Å². The molecular weight excluding hydrogens is 306 g/mol. The third kappa shape index (κ3) is 2.25. The first-order chi connectivity index (χ1) is 10.9. The molecule has 1 aromatic heterocycles. The zero-order valence-corrected chi connectivity index (χ0v) is 11.9. The molecule has 1 atom stereocenters. The van der Waals surface area contributed by atoms with E-state index in [1.54, 1.807) is 6.07 Å². The van der Waals surface area contributed by atoms with Gasteiger partial charge in [-0.15, -0.1) is 0 Å². The number of nitriles is 1. The van der Waals surface area contributed by atoms with Gasteiger partial charge in [-0.05, 0) is 19.1 Å². The van der Waals surface area contributed by atoms with Crippen molar-refractivity contribution in [3.05, 3.63) is 74.7 Å². The first kappa shape index (κ1) is 14.8. The Labute approximate surface area is 129 Å². The van der Waals surface area contributed by atoms with Crippen molar-refractivity contribution in [2.24, 2.45) is 5.73 Å². The highest BCUT2D eigenvalue weighted by molar-refractivity contribution is 5.55. The van der Waals surface area contributed by atoms with E-state index in [0.717, 1.165) is 12.1 Å². The van der Waals surface area contributed by atoms with Crippen LogP contribution in [0.5, 0.6) is 5.75 Å². The van der Waals surface area contributed by atoms with Crippen LogP contribution in [0, 0.1) is 29.9 Å². The van der Waals surface area contributed by atoms with E-state index in [1.165, 1.54) is 19.1 Å². The van der Waals surface area contributed by atoms with E-state index in [0.29, 0.717) is 0 Å². The molecule has 0 fully saturated rings. The molecule has 7 heteroatoms. The smallest absolute Gasteiger partial charge is 0.343 e. The summed E-state index contributed by atoms with van der Waals surface area (Å²) in [6.07, 6.45) is 0. The zero-order valence-electron chi connectivity index (χ0n) is 11.9. The molecule has 0 bridgehead atoms. The van der Waals surface area contributed by atoms with Crippen LogP contribution in [0.1, 0.15) is 22.8 Å². The van der Waals surface area contributed by atoms with E-state index in [1.807, 2.05) is 0 Å². The summed E-state index contributed by atoms with van der Waals surface area (Å²) in [5.41, 5.74) is 3.98. The predicted molar refractivity (Wildman–Crippen MR) is 75.4 cm³/mol. The summed E-state index contributed by atoms with van der Waals surface area (Å²) in [5, 5.41) is 9.30. The lowest BCUT2D eigenvalue weighted by molar-refractivity contribution is 0.369. The van der Waals surface area contributed by atoms with Gasteiger partial charge < -0.3 is 14.9 Å². The summed E-state index contributed by atoms with van der Waals surface area (Å²) in [4.78, 5) is 12.2. The normalized spacial score (nSPS) is 16.5. The van der Waals surface area contributed by atoms with Gasteiger partial charge in [0.25, 0.3) is 0 Å². The largest absolute Gasteiger partial charge is 0.440 e. The SMILES string of the molecule is Cc1cc2c(c(=O)o1)C(c1c(F)cccc1F)C(C#N)=C(N)O2. The maximum absolute atomic E-state index is 14.2. The molecule has 2 N–H and O–H groups in total. The summed E-state index contributed by atoms with van der Waals surface area (Å²) in [5.74, 6) is -3.18. The molecule has 2 heterocycles. The molecule has 5 nitrogen and oxygen atoms in total. The second kappa shape index (κ2) is 5.25. The summed E-state index contributed by atoms with van der Waals surface area (Å²) >= 11 is 0. The monoisotopic (exact) mass is 316 g/mol. The van der Waals surface area contributed by atoms with Crippen molar-refractivity contribution < 1.29 is 17.9 Å². The standard InChI is InChI=1S/C16H10F2N2O3/c1-7-5-11-14(16(21)22-7)12(8(6-19)15(20)23-11)13-9(17)3-2-4-10(13)18/h2-5,12H,20H2,1H3. The first-order valence-electron chi connectivity index (χ1n) is 6.60. The van der Waals surface area contributed by atoms with E-state index in [4.69, 9.17) is 14.9 Å². The Kier molecular flexibility index (Phi) is 3.37. The summed E-state index contributed by atoms with van der Waals surface area (Å²) < 4.78 is 38.6. The number of benzene rings is 1. The van der Waals surface area contributed by atoms with Crippen LogP contribution in [0.15, 0.2) is 44.9 Å². The van der Waals surface area contributed by atoms with Gasteiger partial charge in [-0.3, -0.25) is 0 Å². The number of aryl methyl sites for hydroxylation is 1. The van der Waals surface area contributed by atoms with Crippen LogP contribution in [0.4, 0.5) is 8.78 Å². The molecule has 0 amide bonds. The maximum Gasteiger partial charge on any atom is 0.343 e. The quantitative estimate of drug-likeness (QED) is 0.873. The van der Waals surface area contributed by atoms with E-state index in [2.05, 4.69) is 0 Å². The Morgan fingerprint density at radius 2 is 1.91 bits per heavy atom. The molecule has 3 rings (SSSR count). The van der Waals surface area contributed by atoms with Crippen molar-refractivity contribution in [2.75, 3.05) is 0 Å². The van der Waals surface area contributed by atoms with Crippen molar-refractivity contribution in [2.45, 2.75) is 12.8 Å². The predicted octanol–water partition coefficient (Wildman–Crippen LogP) is 2.44. The van der Waals surface area contributed by atoms with Gasteiger partial charge in [-0.25, -0.2) is 13.6 Å². The number of fused-ring (bicyclic) bond motifs is 1. The number of nitrogens with two attached hydrogens (primary N) is 1. The van der Waals surface area contributed by atoms with Crippen LogP contribution in [0.3, 0.4) is 0 Å². The fourth-order valence-corrected chi connectivity index (χ4v) is 2.59.